The second-order valence-corrected chi connectivity index (χ2v) is 8.44. The summed E-state index contributed by atoms with van der Waals surface area (Å²) in [4.78, 5) is 0. The van der Waals surface area contributed by atoms with Crippen molar-refractivity contribution in [1.29, 1.82) is 0 Å². The second-order valence-electron chi connectivity index (χ2n) is 8.44. The Kier molecular flexibility index (Phi) is 6.07. The topological polar surface area (TPSA) is 55.4 Å². The standard InChI is InChI=1S/C24H23B3O6/c1-4-10-18(11-5-1)25-28-16-21(30-25)24-23-22(31-27(33-24)20-14-8-3-9-15-20)17-29-26(32-23)19-12-6-2-7-13-19/h1-15,21-24H,16-17H2. The lowest BCUT2D eigenvalue weighted by Crippen LogP contribution is -2.66. The predicted molar refractivity (Wildman–Crippen MR) is 127 cm³/mol. The van der Waals surface area contributed by atoms with Crippen LogP contribution in [-0.4, -0.2) is 59.0 Å². The minimum absolute atomic E-state index is 0.284. The van der Waals surface area contributed by atoms with Gasteiger partial charge in [-0.1, -0.05) is 91.0 Å². The predicted octanol–water partition coefficient (Wildman–Crippen LogP) is 0.787. The van der Waals surface area contributed by atoms with Gasteiger partial charge in [0.05, 0.1) is 37.6 Å². The average Bonchev–Trinajstić information content (AvgIpc) is 3.39. The molecule has 3 aromatic carbocycles. The van der Waals surface area contributed by atoms with Crippen LogP contribution in [0, 0.1) is 0 Å². The van der Waals surface area contributed by atoms with E-state index in [9.17, 15) is 0 Å². The number of benzene rings is 3. The van der Waals surface area contributed by atoms with Crippen molar-refractivity contribution < 1.29 is 27.9 Å². The van der Waals surface area contributed by atoms with Crippen molar-refractivity contribution in [2.45, 2.75) is 24.4 Å². The Morgan fingerprint density at radius 1 is 0.455 bits per heavy atom. The van der Waals surface area contributed by atoms with E-state index in [0.29, 0.717) is 13.2 Å². The van der Waals surface area contributed by atoms with Gasteiger partial charge in [0.2, 0.25) is 0 Å². The van der Waals surface area contributed by atoms with Crippen molar-refractivity contribution in [3.05, 3.63) is 91.0 Å². The summed E-state index contributed by atoms with van der Waals surface area (Å²) < 4.78 is 37.6. The van der Waals surface area contributed by atoms with Crippen LogP contribution in [0.15, 0.2) is 91.0 Å². The van der Waals surface area contributed by atoms with Gasteiger partial charge in [-0.2, -0.15) is 0 Å². The van der Waals surface area contributed by atoms with Crippen molar-refractivity contribution in [1.82, 2.24) is 0 Å². The molecule has 4 unspecified atom stereocenters. The second kappa shape index (κ2) is 9.47. The number of fused-ring (bicyclic) bond motifs is 1. The van der Waals surface area contributed by atoms with E-state index < -0.39 is 21.4 Å². The zero-order valence-corrected chi connectivity index (χ0v) is 18.1. The van der Waals surface area contributed by atoms with Crippen LogP contribution in [-0.2, 0) is 27.9 Å². The molecule has 3 heterocycles. The maximum atomic E-state index is 6.49. The van der Waals surface area contributed by atoms with E-state index in [1.54, 1.807) is 0 Å². The first-order valence-electron chi connectivity index (χ1n) is 11.3. The van der Waals surface area contributed by atoms with Crippen molar-refractivity contribution in [2.75, 3.05) is 13.2 Å². The molecule has 0 spiro atoms. The summed E-state index contributed by atoms with van der Waals surface area (Å²) in [6.45, 7) is 0.818. The van der Waals surface area contributed by atoms with Gasteiger partial charge in [-0.25, -0.2) is 0 Å². The maximum Gasteiger partial charge on any atom is 0.494 e. The molecule has 4 atom stereocenters. The summed E-state index contributed by atoms with van der Waals surface area (Å²) in [6, 6.07) is 29.8. The number of hydrogen-bond donors (Lipinski definition) is 0. The molecular weight excluding hydrogens is 417 g/mol. The average molecular weight is 440 g/mol. The van der Waals surface area contributed by atoms with Gasteiger partial charge in [0.1, 0.15) is 0 Å². The molecule has 6 rings (SSSR count). The molecule has 0 bridgehead atoms. The molecule has 3 fully saturated rings. The quantitative estimate of drug-likeness (QED) is 0.560. The van der Waals surface area contributed by atoms with Crippen LogP contribution in [0.4, 0.5) is 0 Å². The van der Waals surface area contributed by atoms with Gasteiger partial charge in [-0.3, -0.25) is 0 Å². The molecule has 0 radical (unpaired) electrons. The van der Waals surface area contributed by atoms with Crippen LogP contribution in [0.3, 0.4) is 0 Å². The molecule has 3 saturated heterocycles. The highest BCUT2D eigenvalue weighted by Crippen LogP contribution is 2.30. The molecule has 0 saturated carbocycles. The lowest BCUT2D eigenvalue weighted by Gasteiger charge is -2.46. The van der Waals surface area contributed by atoms with E-state index in [-0.39, 0.29) is 24.4 Å². The SMILES string of the molecule is c1ccc(B2OCC(C3OB(c4ccccc4)OC4COB(c5ccccc5)OC43)O2)cc1. The molecule has 6 nitrogen and oxygen atoms in total. The Morgan fingerprint density at radius 2 is 0.818 bits per heavy atom. The molecule has 0 amide bonds. The van der Waals surface area contributed by atoms with E-state index in [1.165, 1.54) is 0 Å². The largest absolute Gasteiger partial charge is 0.494 e. The van der Waals surface area contributed by atoms with Crippen LogP contribution >= 0.6 is 0 Å². The summed E-state index contributed by atoms with van der Waals surface area (Å²) >= 11 is 0. The number of hydrogen-bond acceptors (Lipinski definition) is 6. The van der Waals surface area contributed by atoms with Gasteiger partial charge < -0.3 is 27.9 Å². The monoisotopic (exact) mass is 440 g/mol. The summed E-state index contributed by atoms with van der Waals surface area (Å²) in [6.07, 6.45) is -1.31. The van der Waals surface area contributed by atoms with Crippen LogP contribution in [0.5, 0.6) is 0 Å². The van der Waals surface area contributed by atoms with E-state index in [1.807, 2.05) is 91.0 Å². The van der Waals surface area contributed by atoms with E-state index in [2.05, 4.69) is 0 Å². The highest BCUT2D eigenvalue weighted by Gasteiger charge is 2.53. The van der Waals surface area contributed by atoms with Crippen molar-refractivity contribution in [2.24, 2.45) is 0 Å². The molecule has 0 aliphatic carbocycles. The van der Waals surface area contributed by atoms with Gasteiger partial charge >= 0.3 is 21.4 Å². The molecule has 3 aromatic rings. The van der Waals surface area contributed by atoms with Crippen molar-refractivity contribution >= 4 is 37.7 Å². The van der Waals surface area contributed by atoms with Crippen molar-refractivity contribution in [3.63, 3.8) is 0 Å². The van der Waals surface area contributed by atoms with Crippen molar-refractivity contribution in [3.8, 4) is 0 Å². The van der Waals surface area contributed by atoms with Crippen LogP contribution in [0.25, 0.3) is 0 Å². The molecule has 0 N–H and O–H groups in total. The molecule has 3 aliphatic rings. The van der Waals surface area contributed by atoms with Gasteiger partial charge in [0.25, 0.3) is 0 Å². The Bertz CT molecular complexity index is 1040. The molecule has 9 heteroatoms. The third-order valence-electron chi connectivity index (χ3n) is 6.25. The fourth-order valence-electron chi connectivity index (χ4n) is 4.59. The Morgan fingerprint density at radius 3 is 1.30 bits per heavy atom. The molecular formula is C24H23B3O6. The third kappa shape index (κ3) is 4.40. The normalized spacial score (nSPS) is 27.5. The first kappa shape index (κ1) is 21.2. The molecule has 33 heavy (non-hydrogen) atoms. The third-order valence-corrected chi connectivity index (χ3v) is 6.25. The number of rotatable bonds is 4. The summed E-state index contributed by atoms with van der Waals surface area (Å²) in [7, 11) is -1.44. The fourth-order valence-corrected chi connectivity index (χ4v) is 4.59. The van der Waals surface area contributed by atoms with Crippen LogP contribution in [0.2, 0.25) is 0 Å². The molecule has 164 valence electrons. The zero-order valence-electron chi connectivity index (χ0n) is 18.1. The molecule has 0 aromatic heterocycles. The minimum atomic E-state index is -0.530. The highest BCUT2D eigenvalue weighted by atomic mass is 16.7. The lowest BCUT2D eigenvalue weighted by atomic mass is 9.73. The first-order valence-corrected chi connectivity index (χ1v) is 11.3. The smallest absolute Gasteiger partial charge is 0.405 e. The van der Waals surface area contributed by atoms with Gasteiger partial charge in [0.15, 0.2) is 0 Å². The lowest BCUT2D eigenvalue weighted by molar-refractivity contribution is -0.146. The first-order chi connectivity index (χ1) is 16.3. The molecule has 3 aliphatic heterocycles. The van der Waals surface area contributed by atoms with Gasteiger partial charge in [0, 0.05) is 0 Å². The Hall–Kier alpha value is -2.39. The van der Waals surface area contributed by atoms with E-state index in [0.717, 1.165) is 16.4 Å². The minimum Gasteiger partial charge on any atom is -0.405 e. The summed E-state index contributed by atoms with van der Waals surface area (Å²) in [5.74, 6) is 0. The van der Waals surface area contributed by atoms with E-state index in [4.69, 9.17) is 27.9 Å². The Labute approximate surface area is 194 Å². The van der Waals surface area contributed by atoms with Crippen LogP contribution in [0.1, 0.15) is 0 Å². The van der Waals surface area contributed by atoms with Crippen LogP contribution < -0.4 is 16.4 Å². The fraction of sp³-hybridized carbons (Fsp3) is 0.250. The van der Waals surface area contributed by atoms with Gasteiger partial charge in [-0.05, 0) is 16.4 Å². The summed E-state index contributed by atoms with van der Waals surface area (Å²) in [5, 5.41) is 0. The maximum absolute atomic E-state index is 6.49. The zero-order chi connectivity index (χ0) is 22.0. The summed E-state index contributed by atoms with van der Waals surface area (Å²) in [5.41, 5.74) is 2.90. The van der Waals surface area contributed by atoms with E-state index >= 15 is 0 Å². The highest BCUT2D eigenvalue weighted by molar-refractivity contribution is 6.63. The Balaban J connectivity index is 1.26. The van der Waals surface area contributed by atoms with Gasteiger partial charge in [-0.15, -0.1) is 0 Å².